The van der Waals surface area contributed by atoms with Gasteiger partial charge in [0, 0.05) is 17.4 Å². The van der Waals surface area contributed by atoms with Crippen molar-refractivity contribution in [2.45, 2.75) is 33.7 Å². The number of benzene rings is 2. The number of rotatable bonds is 4. The maximum absolute atomic E-state index is 13.1. The number of fused-ring (bicyclic) bond motifs is 1. The molecular formula is C22H23N3O. The number of hydrogen-bond acceptors (Lipinski definition) is 2. The molecule has 3 aromatic rings. The number of nitrogens with zero attached hydrogens (tertiary/aromatic N) is 2. The second kappa shape index (κ2) is 7.05. The largest absolute Gasteiger partial charge is 0.351 e. The van der Waals surface area contributed by atoms with Crippen molar-refractivity contribution < 1.29 is 4.79 Å². The Bertz CT molecular complexity index is 993. The summed E-state index contributed by atoms with van der Waals surface area (Å²) >= 11 is 0. The summed E-state index contributed by atoms with van der Waals surface area (Å²) in [5.41, 5.74) is 5.58. The maximum atomic E-state index is 13.1. The summed E-state index contributed by atoms with van der Waals surface area (Å²) in [5.74, 6) is -0.0161. The van der Waals surface area contributed by atoms with Crippen molar-refractivity contribution in [1.82, 2.24) is 9.88 Å². The average molecular weight is 345 g/mol. The second-order valence-electron chi connectivity index (χ2n) is 6.73. The van der Waals surface area contributed by atoms with Crippen LogP contribution in [-0.4, -0.2) is 22.3 Å². The molecule has 0 fully saturated rings. The van der Waals surface area contributed by atoms with Gasteiger partial charge >= 0.3 is 0 Å². The highest BCUT2D eigenvalue weighted by atomic mass is 16.2. The fraction of sp³-hybridized carbons (Fsp3) is 0.273. The van der Waals surface area contributed by atoms with Gasteiger partial charge in [0.1, 0.15) is 5.69 Å². The Morgan fingerprint density at radius 1 is 1.19 bits per heavy atom. The number of carbonyl (C=O) groups is 1. The van der Waals surface area contributed by atoms with Crippen molar-refractivity contribution in [3.8, 4) is 6.07 Å². The molecule has 1 N–H and O–H groups in total. The zero-order valence-electron chi connectivity index (χ0n) is 15.6. The smallest absolute Gasteiger partial charge is 0.270 e. The highest BCUT2D eigenvalue weighted by Gasteiger charge is 2.23. The summed E-state index contributed by atoms with van der Waals surface area (Å²) in [4.78, 5) is 18.2. The van der Waals surface area contributed by atoms with E-state index in [1.165, 1.54) is 11.1 Å². The SMILES string of the molecule is CCN(C(=O)c1cc2c(C)cc(C)cc2[nH]1)C(C)c1ccc(C#N)cc1. The molecule has 1 atom stereocenters. The molecule has 3 rings (SSSR count). The van der Waals surface area contributed by atoms with Gasteiger partial charge in [-0.1, -0.05) is 18.2 Å². The van der Waals surface area contributed by atoms with E-state index in [0.29, 0.717) is 17.8 Å². The summed E-state index contributed by atoms with van der Waals surface area (Å²) in [6.07, 6.45) is 0. The van der Waals surface area contributed by atoms with Gasteiger partial charge in [0.2, 0.25) is 0 Å². The monoisotopic (exact) mass is 345 g/mol. The van der Waals surface area contributed by atoms with Crippen LogP contribution in [0.1, 0.15) is 52.6 Å². The van der Waals surface area contributed by atoms with Crippen LogP contribution in [0.4, 0.5) is 0 Å². The van der Waals surface area contributed by atoms with Gasteiger partial charge in [-0.05, 0) is 68.7 Å². The van der Waals surface area contributed by atoms with Crippen LogP contribution in [0.3, 0.4) is 0 Å². The van der Waals surface area contributed by atoms with Crippen LogP contribution < -0.4 is 0 Å². The third-order valence-corrected chi connectivity index (χ3v) is 4.91. The van der Waals surface area contributed by atoms with Crippen LogP contribution in [0.2, 0.25) is 0 Å². The molecule has 26 heavy (non-hydrogen) atoms. The predicted molar refractivity (Wildman–Crippen MR) is 104 cm³/mol. The van der Waals surface area contributed by atoms with Gasteiger partial charge in [-0.25, -0.2) is 0 Å². The van der Waals surface area contributed by atoms with Gasteiger partial charge in [0.05, 0.1) is 17.7 Å². The molecule has 1 aromatic heterocycles. The highest BCUT2D eigenvalue weighted by Crippen LogP contribution is 2.26. The molecule has 132 valence electrons. The number of nitrogens with one attached hydrogen (secondary N) is 1. The van der Waals surface area contributed by atoms with Crippen LogP contribution in [0.5, 0.6) is 0 Å². The topological polar surface area (TPSA) is 59.9 Å². The fourth-order valence-electron chi connectivity index (χ4n) is 3.48. The Kier molecular flexibility index (Phi) is 4.81. The lowest BCUT2D eigenvalue weighted by molar-refractivity contribution is 0.0697. The average Bonchev–Trinajstić information content (AvgIpc) is 3.06. The van der Waals surface area contributed by atoms with Gasteiger partial charge in [-0.2, -0.15) is 5.26 Å². The number of aromatic nitrogens is 1. The van der Waals surface area contributed by atoms with Crippen LogP contribution in [0.15, 0.2) is 42.5 Å². The van der Waals surface area contributed by atoms with Gasteiger partial charge in [-0.15, -0.1) is 0 Å². The standard InChI is InChI=1S/C22H23N3O/c1-5-25(16(4)18-8-6-17(13-23)7-9-18)22(26)21-12-19-15(3)10-14(2)11-20(19)24-21/h6-12,16,24H,5H2,1-4H3. The molecule has 1 unspecified atom stereocenters. The van der Waals surface area contributed by atoms with Gasteiger partial charge in [0.15, 0.2) is 0 Å². The van der Waals surface area contributed by atoms with Crippen molar-refractivity contribution >= 4 is 16.8 Å². The van der Waals surface area contributed by atoms with E-state index in [4.69, 9.17) is 5.26 Å². The van der Waals surface area contributed by atoms with E-state index >= 15 is 0 Å². The molecule has 0 aliphatic heterocycles. The second-order valence-corrected chi connectivity index (χ2v) is 6.73. The van der Waals surface area contributed by atoms with Gasteiger partial charge < -0.3 is 9.88 Å². The first kappa shape index (κ1) is 17.8. The zero-order valence-corrected chi connectivity index (χ0v) is 15.6. The minimum Gasteiger partial charge on any atom is -0.351 e. The number of aromatic amines is 1. The Morgan fingerprint density at radius 2 is 1.88 bits per heavy atom. The van der Waals surface area contributed by atoms with E-state index in [0.717, 1.165) is 16.5 Å². The first-order chi connectivity index (χ1) is 12.4. The first-order valence-corrected chi connectivity index (χ1v) is 8.85. The highest BCUT2D eigenvalue weighted by molar-refractivity contribution is 5.99. The summed E-state index contributed by atoms with van der Waals surface area (Å²) in [5, 5.41) is 10.0. The summed E-state index contributed by atoms with van der Waals surface area (Å²) in [6, 6.07) is 15.6. The third kappa shape index (κ3) is 3.21. The van der Waals surface area contributed by atoms with E-state index in [1.54, 1.807) is 12.1 Å². The molecule has 0 bridgehead atoms. The Labute approximate surface area is 154 Å². The number of aryl methyl sites for hydroxylation is 2. The van der Waals surface area contributed by atoms with Crippen LogP contribution in [-0.2, 0) is 0 Å². The van der Waals surface area contributed by atoms with Crippen molar-refractivity contribution in [3.05, 3.63) is 70.4 Å². The van der Waals surface area contributed by atoms with Crippen LogP contribution in [0, 0.1) is 25.2 Å². The molecule has 0 aliphatic carbocycles. The Balaban J connectivity index is 1.93. The number of hydrogen-bond donors (Lipinski definition) is 1. The molecule has 0 saturated carbocycles. The van der Waals surface area contributed by atoms with E-state index in [-0.39, 0.29) is 11.9 Å². The van der Waals surface area contributed by atoms with Crippen LogP contribution >= 0.6 is 0 Å². The van der Waals surface area contributed by atoms with Crippen molar-refractivity contribution in [2.24, 2.45) is 0 Å². The molecule has 2 aromatic carbocycles. The lowest BCUT2D eigenvalue weighted by Crippen LogP contribution is -2.33. The van der Waals surface area contributed by atoms with E-state index in [1.807, 2.05) is 36.9 Å². The van der Waals surface area contributed by atoms with Gasteiger partial charge in [-0.3, -0.25) is 4.79 Å². The molecule has 0 saturated heterocycles. The molecule has 0 aliphatic rings. The quantitative estimate of drug-likeness (QED) is 0.732. The number of carbonyl (C=O) groups excluding carboxylic acids is 1. The molecule has 4 heteroatoms. The minimum atomic E-state index is -0.0745. The number of nitriles is 1. The molecule has 4 nitrogen and oxygen atoms in total. The Hall–Kier alpha value is -3.06. The van der Waals surface area contributed by atoms with Crippen LogP contribution in [0.25, 0.3) is 10.9 Å². The molecule has 0 spiro atoms. The lowest BCUT2D eigenvalue weighted by Gasteiger charge is -2.28. The minimum absolute atomic E-state index is 0.0161. The summed E-state index contributed by atoms with van der Waals surface area (Å²) < 4.78 is 0. The molecule has 1 heterocycles. The van der Waals surface area contributed by atoms with Crippen molar-refractivity contribution in [2.75, 3.05) is 6.54 Å². The van der Waals surface area contributed by atoms with E-state index in [9.17, 15) is 4.79 Å². The molecule has 0 radical (unpaired) electrons. The van der Waals surface area contributed by atoms with Crippen molar-refractivity contribution in [3.63, 3.8) is 0 Å². The number of H-pyrrole nitrogens is 1. The van der Waals surface area contributed by atoms with E-state index in [2.05, 4.69) is 37.0 Å². The maximum Gasteiger partial charge on any atom is 0.270 e. The first-order valence-electron chi connectivity index (χ1n) is 8.85. The third-order valence-electron chi connectivity index (χ3n) is 4.91. The van der Waals surface area contributed by atoms with Gasteiger partial charge in [0.25, 0.3) is 5.91 Å². The Morgan fingerprint density at radius 3 is 2.50 bits per heavy atom. The zero-order chi connectivity index (χ0) is 18.8. The van der Waals surface area contributed by atoms with Crippen molar-refractivity contribution in [1.29, 1.82) is 5.26 Å². The summed E-state index contributed by atoms with van der Waals surface area (Å²) in [7, 11) is 0. The fourth-order valence-corrected chi connectivity index (χ4v) is 3.48. The summed E-state index contributed by atoms with van der Waals surface area (Å²) in [6.45, 7) is 8.72. The molecular weight excluding hydrogens is 322 g/mol. The lowest BCUT2D eigenvalue weighted by atomic mass is 10.0. The normalized spacial score (nSPS) is 12.0. The number of amides is 1. The van der Waals surface area contributed by atoms with E-state index < -0.39 is 0 Å². The predicted octanol–water partition coefficient (Wildman–Crippen LogP) is 4.88. The molecule has 1 amide bonds.